The summed E-state index contributed by atoms with van der Waals surface area (Å²) in [4.78, 5) is 25.1. The first-order valence-electron chi connectivity index (χ1n) is 6.41. The number of hydrogen-bond donors (Lipinski definition) is 1. The number of nitrogens with one attached hydrogen (secondary N) is 1. The molecule has 4 nitrogen and oxygen atoms in total. The van der Waals surface area contributed by atoms with Gasteiger partial charge in [0.25, 0.3) is 0 Å². The number of hydrogen-bond acceptors (Lipinski definition) is 2. The SMILES string of the molecule is C=CCC(C)NC(=O)C1CCN(C(=O)C=C)CC1. The van der Waals surface area contributed by atoms with Crippen molar-refractivity contribution in [1.82, 2.24) is 10.2 Å². The fourth-order valence-corrected chi connectivity index (χ4v) is 2.16. The highest BCUT2D eigenvalue weighted by molar-refractivity contribution is 5.87. The number of likely N-dealkylation sites (tertiary alicyclic amines) is 1. The summed E-state index contributed by atoms with van der Waals surface area (Å²) in [5.41, 5.74) is 0. The van der Waals surface area contributed by atoms with E-state index in [0.29, 0.717) is 13.1 Å². The third-order valence-electron chi connectivity index (χ3n) is 3.26. The summed E-state index contributed by atoms with van der Waals surface area (Å²) in [5, 5.41) is 2.97. The zero-order chi connectivity index (χ0) is 13.5. The van der Waals surface area contributed by atoms with E-state index in [1.165, 1.54) is 6.08 Å². The maximum Gasteiger partial charge on any atom is 0.245 e. The average molecular weight is 250 g/mol. The van der Waals surface area contributed by atoms with Crippen LogP contribution < -0.4 is 5.32 Å². The molecule has 1 N–H and O–H groups in total. The molecule has 4 heteroatoms. The molecule has 1 heterocycles. The predicted molar refractivity (Wildman–Crippen MR) is 71.9 cm³/mol. The summed E-state index contributed by atoms with van der Waals surface area (Å²) in [7, 11) is 0. The highest BCUT2D eigenvalue weighted by Crippen LogP contribution is 2.17. The van der Waals surface area contributed by atoms with Crippen molar-refractivity contribution in [3.05, 3.63) is 25.3 Å². The van der Waals surface area contributed by atoms with Crippen molar-refractivity contribution in [3.8, 4) is 0 Å². The Labute approximate surface area is 109 Å². The molecular weight excluding hydrogens is 228 g/mol. The number of carbonyl (C=O) groups excluding carboxylic acids is 2. The zero-order valence-electron chi connectivity index (χ0n) is 11.0. The lowest BCUT2D eigenvalue weighted by molar-refractivity contribution is -0.132. The van der Waals surface area contributed by atoms with Crippen LogP contribution in [-0.4, -0.2) is 35.8 Å². The second kappa shape index (κ2) is 6.99. The summed E-state index contributed by atoms with van der Waals surface area (Å²) in [6.07, 6.45) is 5.36. The first-order valence-corrected chi connectivity index (χ1v) is 6.41. The molecule has 0 aromatic carbocycles. The van der Waals surface area contributed by atoms with E-state index < -0.39 is 0 Å². The Balaban J connectivity index is 2.38. The van der Waals surface area contributed by atoms with Gasteiger partial charge in [0.15, 0.2) is 0 Å². The molecule has 1 rings (SSSR count). The van der Waals surface area contributed by atoms with Crippen molar-refractivity contribution >= 4 is 11.8 Å². The first kappa shape index (κ1) is 14.5. The van der Waals surface area contributed by atoms with Gasteiger partial charge in [-0.3, -0.25) is 9.59 Å². The molecule has 1 aliphatic rings. The van der Waals surface area contributed by atoms with Crippen molar-refractivity contribution in [2.75, 3.05) is 13.1 Å². The molecule has 0 aliphatic carbocycles. The Kier molecular flexibility index (Phi) is 5.62. The molecule has 1 aliphatic heterocycles. The maximum atomic E-state index is 12.0. The van der Waals surface area contributed by atoms with E-state index in [1.54, 1.807) is 11.0 Å². The summed E-state index contributed by atoms with van der Waals surface area (Å²) in [6, 6.07) is 0.128. The fraction of sp³-hybridized carbons (Fsp3) is 0.571. The van der Waals surface area contributed by atoms with E-state index in [4.69, 9.17) is 0 Å². The Morgan fingerprint density at radius 1 is 1.39 bits per heavy atom. The highest BCUT2D eigenvalue weighted by atomic mass is 16.2. The molecule has 0 aromatic heterocycles. The monoisotopic (exact) mass is 250 g/mol. The fourth-order valence-electron chi connectivity index (χ4n) is 2.16. The number of nitrogens with zero attached hydrogens (tertiary/aromatic N) is 1. The molecule has 1 saturated heterocycles. The molecule has 100 valence electrons. The van der Waals surface area contributed by atoms with E-state index in [0.717, 1.165) is 19.3 Å². The minimum absolute atomic E-state index is 0.0196. The minimum atomic E-state index is -0.0473. The van der Waals surface area contributed by atoms with Crippen LogP contribution in [0.1, 0.15) is 26.2 Å². The van der Waals surface area contributed by atoms with Crippen LogP contribution in [0.25, 0.3) is 0 Å². The minimum Gasteiger partial charge on any atom is -0.353 e. The standard InChI is InChI=1S/C14H22N2O2/c1-4-6-11(3)15-14(18)12-7-9-16(10-8-12)13(17)5-2/h4-5,11-12H,1-2,6-10H2,3H3,(H,15,18). The molecule has 1 unspecified atom stereocenters. The van der Waals surface area contributed by atoms with Gasteiger partial charge >= 0.3 is 0 Å². The van der Waals surface area contributed by atoms with Crippen LogP contribution in [-0.2, 0) is 9.59 Å². The molecule has 0 bridgehead atoms. The molecule has 0 saturated carbocycles. The van der Waals surface area contributed by atoms with Gasteiger partial charge in [-0.15, -0.1) is 6.58 Å². The Morgan fingerprint density at radius 2 is 2.00 bits per heavy atom. The topological polar surface area (TPSA) is 49.4 Å². The summed E-state index contributed by atoms with van der Waals surface area (Å²) in [5.74, 6) is 0.0649. The van der Waals surface area contributed by atoms with Crippen molar-refractivity contribution in [3.63, 3.8) is 0 Å². The lowest BCUT2D eigenvalue weighted by Crippen LogP contribution is -2.44. The smallest absolute Gasteiger partial charge is 0.245 e. The predicted octanol–water partition coefficient (Wildman–Crippen LogP) is 1.49. The van der Waals surface area contributed by atoms with Gasteiger partial charge < -0.3 is 10.2 Å². The Morgan fingerprint density at radius 3 is 2.50 bits per heavy atom. The van der Waals surface area contributed by atoms with Crippen LogP contribution in [0.5, 0.6) is 0 Å². The van der Waals surface area contributed by atoms with Gasteiger partial charge in [0, 0.05) is 25.0 Å². The van der Waals surface area contributed by atoms with Crippen molar-refractivity contribution in [2.45, 2.75) is 32.2 Å². The van der Waals surface area contributed by atoms with Crippen LogP contribution in [0, 0.1) is 5.92 Å². The third kappa shape index (κ3) is 4.02. The maximum absolute atomic E-state index is 12.0. The van der Waals surface area contributed by atoms with E-state index in [-0.39, 0.29) is 23.8 Å². The number of amides is 2. The summed E-state index contributed by atoms with van der Waals surface area (Å²) < 4.78 is 0. The van der Waals surface area contributed by atoms with Crippen LogP contribution in [0.3, 0.4) is 0 Å². The largest absolute Gasteiger partial charge is 0.353 e. The number of carbonyl (C=O) groups is 2. The van der Waals surface area contributed by atoms with Gasteiger partial charge in [0.1, 0.15) is 0 Å². The molecular formula is C14H22N2O2. The van der Waals surface area contributed by atoms with Gasteiger partial charge in [0.05, 0.1) is 0 Å². The molecule has 18 heavy (non-hydrogen) atoms. The summed E-state index contributed by atoms with van der Waals surface area (Å²) in [6.45, 7) is 10.4. The van der Waals surface area contributed by atoms with Gasteiger partial charge in [-0.2, -0.15) is 0 Å². The highest BCUT2D eigenvalue weighted by Gasteiger charge is 2.26. The summed E-state index contributed by atoms with van der Waals surface area (Å²) >= 11 is 0. The van der Waals surface area contributed by atoms with Crippen molar-refractivity contribution in [2.24, 2.45) is 5.92 Å². The molecule has 0 spiro atoms. The Hall–Kier alpha value is -1.58. The lowest BCUT2D eigenvalue weighted by atomic mass is 9.95. The van der Waals surface area contributed by atoms with E-state index in [1.807, 2.05) is 6.92 Å². The van der Waals surface area contributed by atoms with Gasteiger partial charge in [-0.25, -0.2) is 0 Å². The molecule has 1 fully saturated rings. The van der Waals surface area contributed by atoms with Crippen molar-refractivity contribution < 1.29 is 9.59 Å². The lowest BCUT2D eigenvalue weighted by Gasteiger charge is -2.31. The zero-order valence-corrected chi connectivity index (χ0v) is 11.0. The normalized spacial score (nSPS) is 17.9. The van der Waals surface area contributed by atoms with E-state index in [2.05, 4.69) is 18.5 Å². The van der Waals surface area contributed by atoms with Crippen molar-refractivity contribution in [1.29, 1.82) is 0 Å². The average Bonchev–Trinajstić information content (AvgIpc) is 2.38. The molecule has 0 aromatic rings. The molecule has 0 radical (unpaired) electrons. The van der Waals surface area contributed by atoms with Gasteiger partial charge in [0.2, 0.25) is 11.8 Å². The number of rotatable bonds is 5. The van der Waals surface area contributed by atoms with Gasteiger partial charge in [-0.1, -0.05) is 12.7 Å². The second-order valence-electron chi connectivity index (χ2n) is 4.74. The Bertz CT molecular complexity index is 331. The number of piperidine rings is 1. The van der Waals surface area contributed by atoms with Crippen LogP contribution in [0.4, 0.5) is 0 Å². The quantitative estimate of drug-likeness (QED) is 0.593. The third-order valence-corrected chi connectivity index (χ3v) is 3.26. The van der Waals surface area contributed by atoms with Crippen LogP contribution >= 0.6 is 0 Å². The molecule has 2 amide bonds. The van der Waals surface area contributed by atoms with E-state index in [9.17, 15) is 9.59 Å². The second-order valence-corrected chi connectivity index (χ2v) is 4.74. The van der Waals surface area contributed by atoms with Crippen LogP contribution in [0.15, 0.2) is 25.3 Å². The van der Waals surface area contributed by atoms with Crippen LogP contribution in [0.2, 0.25) is 0 Å². The van der Waals surface area contributed by atoms with E-state index >= 15 is 0 Å². The van der Waals surface area contributed by atoms with Gasteiger partial charge in [-0.05, 0) is 32.3 Å². The first-order chi connectivity index (χ1) is 8.58. The molecule has 1 atom stereocenters.